The van der Waals surface area contributed by atoms with Crippen LogP contribution in [0.3, 0.4) is 0 Å². The van der Waals surface area contributed by atoms with Crippen molar-refractivity contribution in [3.63, 3.8) is 0 Å². The van der Waals surface area contributed by atoms with Crippen LogP contribution in [0.4, 0.5) is 0 Å². The van der Waals surface area contributed by atoms with Crippen LogP contribution >= 0.6 is 0 Å². The Bertz CT molecular complexity index is 618. The highest BCUT2D eigenvalue weighted by Gasteiger charge is 2.34. The van der Waals surface area contributed by atoms with E-state index in [2.05, 4.69) is 23.5 Å². The van der Waals surface area contributed by atoms with Crippen LogP contribution in [0.15, 0.2) is 24.3 Å². The summed E-state index contributed by atoms with van der Waals surface area (Å²) >= 11 is 0. The topological polar surface area (TPSA) is 84.9 Å². The molecule has 1 fully saturated rings. The van der Waals surface area contributed by atoms with Crippen LogP contribution < -0.4 is 5.32 Å². The molecular formula is C19H25NO5. The standard InChI is InChI=1S/C19H25NO5/c21-18(16-9-10-17(25-16)19(22)23)20-11-4-12-24-15-8-3-6-13-5-1-2-7-14(13)15/h1-2,5,7,15-17H,3-4,6,8-12H2,(H,20,21)(H,22,23)/t15?,16-,17+/m0/s1. The monoisotopic (exact) mass is 347 g/mol. The average Bonchev–Trinajstić information content (AvgIpc) is 3.12. The van der Waals surface area contributed by atoms with E-state index in [0.29, 0.717) is 26.0 Å². The van der Waals surface area contributed by atoms with Crippen molar-refractivity contribution in [2.24, 2.45) is 0 Å². The maximum atomic E-state index is 12.0. The van der Waals surface area contributed by atoms with Gasteiger partial charge in [0.15, 0.2) is 6.10 Å². The second kappa shape index (κ2) is 8.45. The highest BCUT2D eigenvalue weighted by atomic mass is 16.5. The number of aliphatic carboxylic acids is 1. The van der Waals surface area contributed by atoms with E-state index in [-0.39, 0.29) is 12.0 Å². The van der Waals surface area contributed by atoms with Gasteiger partial charge in [0.2, 0.25) is 5.91 Å². The van der Waals surface area contributed by atoms with Crippen molar-refractivity contribution in [1.29, 1.82) is 0 Å². The molecule has 1 heterocycles. The van der Waals surface area contributed by atoms with Gasteiger partial charge >= 0.3 is 5.97 Å². The fraction of sp³-hybridized carbons (Fsp3) is 0.579. The van der Waals surface area contributed by atoms with Crippen LogP contribution in [0.25, 0.3) is 0 Å². The summed E-state index contributed by atoms with van der Waals surface area (Å²) in [6.45, 7) is 1.09. The lowest BCUT2D eigenvalue weighted by Crippen LogP contribution is -2.36. The van der Waals surface area contributed by atoms with Gasteiger partial charge in [0, 0.05) is 13.2 Å². The molecule has 0 radical (unpaired) electrons. The molecule has 0 bridgehead atoms. The molecule has 2 N–H and O–H groups in total. The molecule has 1 saturated heterocycles. The number of nitrogens with one attached hydrogen (secondary N) is 1. The van der Waals surface area contributed by atoms with Crippen LogP contribution in [0.2, 0.25) is 0 Å². The zero-order valence-electron chi connectivity index (χ0n) is 14.3. The van der Waals surface area contributed by atoms with E-state index in [1.54, 1.807) is 0 Å². The minimum absolute atomic E-state index is 0.148. The molecule has 1 aliphatic carbocycles. The Labute approximate surface area is 147 Å². The van der Waals surface area contributed by atoms with Gasteiger partial charge in [-0.3, -0.25) is 4.79 Å². The Balaban J connectivity index is 1.35. The molecule has 0 spiro atoms. The minimum Gasteiger partial charge on any atom is -0.479 e. The quantitative estimate of drug-likeness (QED) is 0.739. The SMILES string of the molecule is O=C(NCCCOC1CCCc2ccccc21)[C@@H]1CC[C@H](C(=O)O)O1. The molecule has 0 aromatic heterocycles. The Morgan fingerprint density at radius 1 is 1.20 bits per heavy atom. The Kier molecular flexibility index (Phi) is 6.04. The highest BCUT2D eigenvalue weighted by Crippen LogP contribution is 2.32. The van der Waals surface area contributed by atoms with E-state index >= 15 is 0 Å². The number of benzene rings is 1. The minimum atomic E-state index is -1.00. The number of fused-ring (bicyclic) bond motifs is 1. The summed E-state index contributed by atoms with van der Waals surface area (Å²) in [4.78, 5) is 22.8. The Hall–Kier alpha value is -1.92. The number of carboxylic acids is 1. The molecule has 1 amide bonds. The van der Waals surface area contributed by atoms with Crippen molar-refractivity contribution >= 4 is 11.9 Å². The van der Waals surface area contributed by atoms with Crippen LogP contribution in [0.1, 0.15) is 49.3 Å². The third kappa shape index (κ3) is 4.58. The van der Waals surface area contributed by atoms with Crippen molar-refractivity contribution < 1.29 is 24.2 Å². The van der Waals surface area contributed by atoms with Gasteiger partial charge in [0.1, 0.15) is 6.10 Å². The Morgan fingerprint density at radius 3 is 2.80 bits per heavy atom. The smallest absolute Gasteiger partial charge is 0.332 e. The van der Waals surface area contributed by atoms with E-state index in [9.17, 15) is 9.59 Å². The van der Waals surface area contributed by atoms with Gasteiger partial charge in [0.25, 0.3) is 0 Å². The first-order chi connectivity index (χ1) is 12.1. The number of carboxylic acid groups (broad SMARTS) is 1. The predicted octanol–water partition coefficient (Wildman–Crippen LogP) is 2.22. The van der Waals surface area contributed by atoms with E-state index in [1.165, 1.54) is 11.1 Å². The molecule has 3 rings (SSSR count). The van der Waals surface area contributed by atoms with Gasteiger partial charge in [-0.05, 0) is 49.7 Å². The molecule has 1 aliphatic heterocycles. The number of amides is 1. The predicted molar refractivity (Wildman–Crippen MR) is 91.2 cm³/mol. The lowest BCUT2D eigenvalue weighted by Gasteiger charge is -2.25. The number of rotatable bonds is 7. The molecule has 1 unspecified atom stereocenters. The zero-order chi connectivity index (χ0) is 17.6. The molecule has 0 saturated carbocycles. The molecule has 6 nitrogen and oxygen atoms in total. The first-order valence-corrected chi connectivity index (χ1v) is 9.00. The second-order valence-electron chi connectivity index (χ2n) is 6.62. The summed E-state index contributed by atoms with van der Waals surface area (Å²) < 4.78 is 11.2. The third-order valence-corrected chi connectivity index (χ3v) is 4.84. The van der Waals surface area contributed by atoms with E-state index in [1.807, 2.05) is 6.07 Å². The average molecular weight is 347 g/mol. The first kappa shape index (κ1) is 17.9. The number of ether oxygens (including phenoxy) is 2. The number of hydrogen-bond donors (Lipinski definition) is 2. The van der Waals surface area contributed by atoms with E-state index in [0.717, 1.165) is 25.7 Å². The van der Waals surface area contributed by atoms with Gasteiger partial charge in [-0.1, -0.05) is 24.3 Å². The maximum Gasteiger partial charge on any atom is 0.332 e. The molecule has 25 heavy (non-hydrogen) atoms. The largest absolute Gasteiger partial charge is 0.479 e. The summed E-state index contributed by atoms with van der Waals surface area (Å²) in [5.74, 6) is -1.23. The van der Waals surface area contributed by atoms with Gasteiger partial charge < -0.3 is 19.9 Å². The second-order valence-corrected chi connectivity index (χ2v) is 6.62. The fourth-order valence-corrected chi connectivity index (χ4v) is 3.52. The molecule has 3 atom stereocenters. The molecule has 6 heteroatoms. The highest BCUT2D eigenvalue weighted by molar-refractivity contribution is 5.82. The van der Waals surface area contributed by atoms with Crippen molar-refractivity contribution in [3.05, 3.63) is 35.4 Å². The van der Waals surface area contributed by atoms with Gasteiger partial charge in [0.05, 0.1) is 6.10 Å². The summed E-state index contributed by atoms with van der Waals surface area (Å²) in [6, 6.07) is 8.41. The van der Waals surface area contributed by atoms with E-state index in [4.69, 9.17) is 14.6 Å². The van der Waals surface area contributed by atoms with Crippen LogP contribution in [0.5, 0.6) is 0 Å². The summed E-state index contributed by atoms with van der Waals surface area (Å²) in [5, 5.41) is 11.7. The van der Waals surface area contributed by atoms with Gasteiger partial charge in [-0.25, -0.2) is 4.79 Å². The lowest BCUT2D eigenvalue weighted by molar-refractivity contribution is -0.151. The van der Waals surface area contributed by atoms with Gasteiger partial charge in [-0.2, -0.15) is 0 Å². The van der Waals surface area contributed by atoms with Crippen LogP contribution in [0, 0.1) is 0 Å². The summed E-state index contributed by atoms with van der Waals surface area (Å²) in [7, 11) is 0. The van der Waals surface area contributed by atoms with Crippen molar-refractivity contribution in [2.45, 2.75) is 56.8 Å². The lowest BCUT2D eigenvalue weighted by atomic mass is 9.89. The van der Waals surface area contributed by atoms with Crippen molar-refractivity contribution in [2.75, 3.05) is 13.2 Å². The molecule has 1 aromatic rings. The van der Waals surface area contributed by atoms with Crippen molar-refractivity contribution in [3.8, 4) is 0 Å². The molecule has 1 aromatic carbocycles. The number of carbonyl (C=O) groups excluding carboxylic acids is 1. The normalized spacial score (nSPS) is 25.4. The third-order valence-electron chi connectivity index (χ3n) is 4.84. The van der Waals surface area contributed by atoms with Crippen molar-refractivity contribution in [1.82, 2.24) is 5.32 Å². The van der Waals surface area contributed by atoms with Gasteiger partial charge in [-0.15, -0.1) is 0 Å². The molecule has 136 valence electrons. The number of hydrogen-bond acceptors (Lipinski definition) is 4. The summed E-state index contributed by atoms with van der Waals surface area (Å²) in [6.07, 6.45) is 3.51. The molecule has 2 aliphatic rings. The number of aryl methyl sites for hydroxylation is 1. The van der Waals surface area contributed by atoms with Crippen LogP contribution in [-0.4, -0.2) is 42.3 Å². The zero-order valence-corrected chi connectivity index (χ0v) is 14.3. The maximum absolute atomic E-state index is 12.0. The number of carbonyl (C=O) groups is 2. The first-order valence-electron chi connectivity index (χ1n) is 9.00. The van der Waals surface area contributed by atoms with E-state index < -0.39 is 18.2 Å². The fourth-order valence-electron chi connectivity index (χ4n) is 3.52. The van der Waals surface area contributed by atoms with Crippen LogP contribution in [-0.2, 0) is 25.5 Å². The summed E-state index contributed by atoms with van der Waals surface area (Å²) in [5.41, 5.74) is 2.66. The Morgan fingerprint density at radius 2 is 2.00 bits per heavy atom. The molecular weight excluding hydrogens is 322 g/mol.